The van der Waals surface area contributed by atoms with Crippen LogP contribution in [-0.4, -0.2) is 42.6 Å². The van der Waals surface area contributed by atoms with E-state index in [1.54, 1.807) is 0 Å². The van der Waals surface area contributed by atoms with Crippen molar-refractivity contribution < 1.29 is 4.42 Å². The van der Waals surface area contributed by atoms with Crippen LogP contribution in [-0.2, 0) is 12.8 Å². The van der Waals surface area contributed by atoms with E-state index in [4.69, 9.17) is 4.42 Å². The molecule has 2 atom stereocenters. The highest BCUT2D eigenvalue weighted by Crippen LogP contribution is 2.19. The van der Waals surface area contributed by atoms with E-state index in [0.717, 1.165) is 24.5 Å². The molecular formula is C13H23N3O. The lowest BCUT2D eigenvalue weighted by molar-refractivity contribution is 0.289. The number of aromatic nitrogens is 1. The first-order valence-corrected chi connectivity index (χ1v) is 6.50. The SMILES string of the molecule is CNC(C)Cc1cnc(CC2CCCN2C)o1. The van der Waals surface area contributed by atoms with Gasteiger partial charge in [-0.25, -0.2) is 4.98 Å². The molecule has 2 rings (SSSR count). The van der Waals surface area contributed by atoms with Gasteiger partial charge >= 0.3 is 0 Å². The minimum Gasteiger partial charge on any atom is -0.446 e. The number of likely N-dealkylation sites (tertiary alicyclic amines) is 1. The van der Waals surface area contributed by atoms with E-state index in [0.29, 0.717) is 12.1 Å². The topological polar surface area (TPSA) is 41.3 Å². The fraction of sp³-hybridized carbons (Fsp3) is 0.769. The molecule has 1 N–H and O–H groups in total. The number of rotatable bonds is 5. The molecule has 17 heavy (non-hydrogen) atoms. The van der Waals surface area contributed by atoms with Crippen LogP contribution in [0.1, 0.15) is 31.4 Å². The van der Waals surface area contributed by atoms with Crippen LogP contribution in [0, 0.1) is 0 Å². The van der Waals surface area contributed by atoms with Crippen molar-refractivity contribution in [1.82, 2.24) is 15.2 Å². The molecule has 0 aromatic carbocycles. The summed E-state index contributed by atoms with van der Waals surface area (Å²) in [4.78, 5) is 6.78. The van der Waals surface area contributed by atoms with Crippen LogP contribution in [0.25, 0.3) is 0 Å². The molecule has 0 radical (unpaired) electrons. The summed E-state index contributed by atoms with van der Waals surface area (Å²) in [5, 5.41) is 3.21. The van der Waals surface area contributed by atoms with Gasteiger partial charge in [0.25, 0.3) is 0 Å². The summed E-state index contributed by atoms with van der Waals surface area (Å²) >= 11 is 0. The third kappa shape index (κ3) is 3.30. The summed E-state index contributed by atoms with van der Waals surface area (Å²) in [5.74, 6) is 1.88. The number of nitrogens with zero attached hydrogens (tertiary/aromatic N) is 2. The Balaban J connectivity index is 1.89. The van der Waals surface area contributed by atoms with Crippen molar-refractivity contribution in [3.8, 4) is 0 Å². The number of hydrogen-bond donors (Lipinski definition) is 1. The second kappa shape index (κ2) is 5.65. The van der Waals surface area contributed by atoms with Gasteiger partial charge in [-0.05, 0) is 40.4 Å². The molecule has 4 heteroatoms. The van der Waals surface area contributed by atoms with Crippen molar-refractivity contribution in [2.24, 2.45) is 0 Å². The summed E-state index contributed by atoms with van der Waals surface area (Å²) in [5.41, 5.74) is 0. The van der Waals surface area contributed by atoms with Crippen molar-refractivity contribution >= 4 is 0 Å². The van der Waals surface area contributed by atoms with Crippen molar-refractivity contribution in [2.45, 2.75) is 44.7 Å². The van der Waals surface area contributed by atoms with Gasteiger partial charge in [0.1, 0.15) is 5.76 Å². The van der Waals surface area contributed by atoms with Crippen molar-refractivity contribution in [3.05, 3.63) is 17.8 Å². The molecule has 1 aliphatic heterocycles. The quantitative estimate of drug-likeness (QED) is 0.842. The zero-order chi connectivity index (χ0) is 12.3. The number of likely N-dealkylation sites (N-methyl/N-ethyl adjacent to an activating group) is 2. The van der Waals surface area contributed by atoms with Gasteiger partial charge in [0.15, 0.2) is 5.89 Å². The maximum atomic E-state index is 5.79. The van der Waals surface area contributed by atoms with Crippen LogP contribution in [0.15, 0.2) is 10.6 Å². The zero-order valence-corrected chi connectivity index (χ0v) is 11.1. The molecule has 1 aromatic heterocycles. The van der Waals surface area contributed by atoms with Crippen LogP contribution < -0.4 is 5.32 Å². The van der Waals surface area contributed by atoms with Gasteiger partial charge in [-0.2, -0.15) is 0 Å². The van der Waals surface area contributed by atoms with Crippen LogP contribution in [0.2, 0.25) is 0 Å². The molecule has 1 fully saturated rings. The summed E-state index contributed by atoms with van der Waals surface area (Å²) in [6.45, 7) is 3.35. The third-order valence-electron chi connectivity index (χ3n) is 3.68. The minimum atomic E-state index is 0.435. The van der Waals surface area contributed by atoms with E-state index >= 15 is 0 Å². The van der Waals surface area contributed by atoms with Gasteiger partial charge in [-0.3, -0.25) is 0 Å². The molecule has 0 amide bonds. The Morgan fingerprint density at radius 1 is 1.65 bits per heavy atom. The highest BCUT2D eigenvalue weighted by molar-refractivity contribution is 4.98. The van der Waals surface area contributed by atoms with Gasteiger partial charge < -0.3 is 14.6 Å². The molecule has 0 spiro atoms. The Hall–Kier alpha value is -0.870. The van der Waals surface area contributed by atoms with Crippen molar-refractivity contribution in [2.75, 3.05) is 20.6 Å². The molecule has 4 nitrogen and oxygen atoms in total. The van der Waals surface area contributed by atoms with Gasteiger partial charge in [-0.1, -0.05) is 0 Å². The van der Waals surface area contributed by atoms with Gasteiger partial charge in [0.05, 0.1) is 6.20 Å². The fourth-order valence-electron chi connectivity index (χ4n) is 2.38. The highest BCUT2D eigenvalue weighted by atomic mass is 16.4. The van der Waals surface area contributed by atoms with E-state index in [-0.39, 0.29) is 0 Å². The summed E-state index contributed by atoms with van der Waals surface area (Å²) in [6, 6.07) is 1.05. The molecule has 1 aromatic rings. The maximum absolute atomic E-state index is 5.79. The Kier molecular flexibility index (Phi) is 4.18. The van der Waals surface area contributed by atoms with Crippen molar-refractivity contribution in [1.29, 1.82) is 0 Å². The van der Waals surface area contributed by atoms with Gasteiger partial charge in [0, 0.05) is 24.9 Å². The van der Waals surface area contributed by atoms with Crippen LogP contribution in [0.5, 0.6) is 0 Å². The van der Waals surface area contributed by atoms with Crippen LogP contribution in [0.3, 0.4) is 0 Å². The predicted octanol–water partition coefficient (Wildman–Crippen LogP) is 1.46. The number of oxazole rings is 1. The second-order valence-corrected chi connectivity index (χ2v) is 5.09. The molecule has 1 saturated heterocycles. The van der Waals surface area contributed by atoms with E-state index in [2.05, 4.69) is 29.2 Å². The maximum Gasteiger partial charge on any atom is 0.195 e. The molecule has 0 aliphatic carbocycles. The van der Waals surface area contributed by atoms with E-state index < -0.39 is 0 Å². The zero-order valence-electron chi connectivity index (χ0n) is 11.1. The van der Waals surface area contributed by atoms with Crippen LogP contribution >= 0.6 is 0 Å². The Bertz CT molecular complexity index is 350. The molecule has 0 saturated carbocycles. The molecular weight excluding hydrogens is 214 g/mol. The average molecular weight is 237 g/mol. The molecule has 96 valence electrons. The summed E-state index contributed by atoms with van der Waals surface area (Å²) in [7, 11) is 4.15. The molecule has 1 aliphatic rings. The molecule has 0 bridgehead atoms. The Morgan fingerprint density at radius 2 is 2.47 bits per heavy atom. The predicted molar refractivity (Wildman–Crippen MR) is 68.1 cm³/mol. The number of hydrogen-bond acceptors (Lipinski definition) is 4. The average Bonchev–Trinajstić information content (AvgIpc) is 2.90. The summed E-state index contributed by atoms with van der Waals surface area (Å²) < 4.78 is 5.79. The third-order valence-corrected chi connectivity index (χ3v) is 3.68. The summed E-state index contributed by atoms with van der Waals surface area (Å²) in [6.07, 6.45) is 6.29. The smallest absolute Gasteiger partial charge is 0.195 e. The molecule has 2 heterocycles. The Morgan fingerprint density at radius 3 is 3.12 bits per heavy atom. The lowest BCUT2D eigenvalue weighted by Crippen LogP contribution is -2.26. The minimum absolute atomic E-state index is 0.435. The first-order valence-electron chi connectivity index (χ1n) is 6.50. The highest BCUT2D eigenvalue weighted by Gasteiger charge is 2.22. The van der Waals surface area contributed by atoms with Gasteiger partial charge in [-0.15, -0.1) is 0 Å². The van der Waals surface area contributed by atoms with Crippen molar-refractivity contribution in [3.63, 3.8) is 0 Å². The second-order valence-electron chi connectivity index (χ2n) is 5.09. The van der Waals surface area contributed by atoms with Gasteiger partial charge in [0.2, 0.25) is 0 Å². The standard InChI is InChI=1S/C13H23N3O/c1-10(14-2)7-12-9-15-13(17-12)8-11-5-4-6-16(11)3/h9-11,14H,4-8H2,1-3H3. The first kappa shape index (κ1) is 12.6. The largest absolute Gasteiger partial charge is 0.446 e. The molecule has 2 unspecified atom stereocenters. The lowest BCUT2D eigenvalue weighted by atomic mass is 10.1. The van der Waals surface area contributed by atoms with E-state index in [9.17, 15) is 0 Å². The van der Waals surface area contributed by atoms with E-state index in [1.165, 1.54) is 19.4 Å². The monoisotopic (exact) mass is 237 g/mol. The lowest BCUT2D eigenvalue weighted by Gasteiger charge is -2.17. The van der Waals surface area contributed by atoms with Crippen LogP contribution in [0.4, 0.5) is 0 Å². The fourth-order valence-corrected chi connectivity index (χ4v) is 2.38. The van der Waals surface area contributed by atoms with E-state index in [1.807, 2.05) is 13.2 Å². The Labute approximate surface area is 103 Å². The number of nitrogens with one attached hydrogen (secondary N) is 1. The first-order chi connectivity index (χ1) is 8.19. The normalized spacial score (nSPS) is 23.1.